The summed E-state index contributed by atoms with van der Waals surface area (Å²) < 4.78 is 5.64. The number of nitrogens with one attached hydrogen (secondary N) is 2. The zero-order valence-corrected chi connectivity index (χ0v) is 19.7. The summed E-state index contributed by atoms with van der Waals surface area (Å²) in [5.41, 5.74) is 0. The van der Waals surface area contributed by atoms with Crippen LogP contribution in [0.3, 0.4) is 0 Å². The summed E-state index contributed by atoms with van der Waals surface area (Å²) in [6.07, 6.45) is 3.91. The zero-order chi connectivity index (χ0) is 18.8. The van der Waals surface area contributed by atoms with E-state index in [1.165, 1.54) is 0 Å². The summed E-state index contributed by atoms with van der Waals surface area (Å²) in [7, 11) is 0. The summed E-state index contributed by atoms with van der Waals surface area (Å²) >= 11 is 6.26. The van der Waals surface area contributed by atoms with Crippen LogP contribution in [-0.2, 0) is 4.74 Å². The maximum atomic E-state index is 6.26. The summed E-state index contributed by atoms with van der Waals surface area (Å²) in [4.78, 5) is 11.2. The minimum absolute atomic E-state index is 0. The number of rotatable bonds is 9. The molecular weight excluding hydrogens is 477 g/mol. The number of anilines is 1. The predicted molar refractivity (Wildman–Crippen MR) is 125 cm³/mol. The fraction of sp³-hybridized carbons (Fsp3) is 0.684. The first-order valence-corrected chi connectivity index (χ1v) is 9.96. The Hall–Kier alpha value is -0.800. The number of hydrogen-bond donors (Lipinski definition) is 2. The molecule has 1 aromatic heterocycles. The van der Waals surface area contributed by atoms with Gasteiger partial charge < -0.3 is 20.3 Å². The van der Waals surface area contributed by atoms with Crippen molar-refractivity contribution in [1.29, 1.82) is 0 Å². The lowest BCUT2D eigenvalue weighted by atomic mass is 10.1. The average Bonchev–Trinajstić information content (AvgIpc) is 3.06. The molecule has 6 nitrogen and oxygen atoms in total. The Morgan fingerprint density at radius 2 is 2.26 bits per heavy atom. The fourth-order valence-electron chi connectivity index (χ4n) is 2.84. The van der Waals surface area contributed by atoms with Gasteiger partial charge in [-0.05, 0) is 37.8 Å². The molecule has 2 rings (SSSR count). The molecule has 1 aliphatic heterocycles. The lowest BCUT2D eigenvalue weighted by Crippen LogP contribution is -2.44. The van der Waals surface area contributed by atoms with E-state index < -0.39 is 0 Å². The Morgan fingerprint density at radius 3 is 2.96 bits per heavy atom. The van der Waals surface area contributed by atoms with E-state index in [4.69, 9.17) is 16.3 Å². The highest BCUT2D eigenvalue weighted by Gasteiger charge is 2.25. The summed E-state index contributed by atoms with van der Waals surface area (Å²) in [6.45, 7) is 11.3. The van der Waals surface area contributed by atoms with Crippen molar-refractivity contribution in [2.75, 3.05) is 44.3 Å². The Balaban J connectivity index is 0.00000364. The van der Waals surface area contributed by atoms with E-state index >= 15 is 0 Å². The van der Waals surface area contributed by atoms with Gasteiger partial charge in [-0.15, -0.1) is 24.0 Å². The SMILES string of the molecule is CCNC(=NCCOCCC(C)C)NC1CCN(c2ncccc2Cl)C1.I. The fourth-order valence-corrected chi connectivity index (χ4v) is 3.08. The van der Waals surface area contributed by atoms with Crippen LogP contribution in [-0.4, -0.2) is 56.4 Å². The molecular formula is C19H33ClIN5O. The van der Waals surface area contributed by atoms with Gasteiger partial charge in [0, 0.05) is 38.5 Å². The molecule has 0 saturated carbocycles. The summed E-state index contributed by atoms with van der Waals surface area (Å²) in [5.74, 6) is 2.38. The van der Waals surface area contributed by atoms with Crippen molar-refractivity contribution in [2.24, 2.45) is 10.9 Å². The van der Waals surface area contributed by atoms with Crippen molar-refractivity contribution in [2.45, 2.75) is 39.7 Å². The van der Waals surface area contributed by atoms with Crippen LogP contribution in [0.1, 0.15) is 33.6 Å². The van der Waals surface area contributed by atoms with Crippen LogP contribution in [0.25, 0.3) is 0 Å². The summed E-state index contributed by atoms with van der Waals surface area (Å²) in [5, 5.41) is 7.52. The molecule has 1 unspecified atom stereocenters. The van der Waals surface area contributed by atoms with Gasteiger partial charge in [0.1, 0.15) is 5.82 Å². The van der Waals surface area contributed by atoms with E-state index in [0.717, 1.165) is 50.9 Å². The van der Waals surface area contributed by atoms with Crippen molar-refractivity contribution in [3.63, 3.8) is 0 Å². The van der Waals surface area contributed by atoms with Crippen LogP contribution in [0, 0.1) is 5.92 Å². The quantitative estimate of drug-likeness (QED) is 0.231. The van der Waals surface area contributed by atoms with Crippen molar-refractivity contribution >= 4 is 47.4 Å². The molecule has 1 fully saturated rings. The molecule has 0 aliphatic carbocycles. The number of aromatic nitrogens is 1. The van der Waals surface area contributed by atoms with Crippen LogP contribution in [0.4, 0.5) is 5.82 Å². The molecule has 0 radical (unpaired) electrons. The van der Waals surface area contributed by atoms with Gasteiger partial charge in [-0.3, -0.25) is 4.99 Å². The van der Waals surface area contributed by atoms with Crippen LogP contribution in [0.5, 0.6) is 0 Å². The third-order valence-electron chi connectivity index (χ3n) is 4.26. The smallest absolute Gasteiger partial charge is 0.191 e. The molecule has 8 heteroatoms. The number of guanidine groups is 1. The second-order valence-corrected chi connectivity index (χ2v) is 7.35. The number of halogens is 2. The first-order valence-electron chi connectivity index (χ1n) is 9.58. The van der Waals surface area contributed by atoms with Crippen LogP contribution >= 0.6 is 35.6 Å². The van der Waals surface area contributed by atoms with Gasteiger partial charge in [-0.25, -0.2) is 4.98 Å². The second kappa shape index (κ2) is 13.4. The minimum atomic E-state index is 0. The number of aliphatic imine (C=N–C) groups is 1. The normalized spacial score (nSPS) is 17.1. The highest BCUT2D eigenvalue weighted by molar-refractivity contribution is 14.0. The van der Waals surface area contributed by atoms with Gasteiger partial charge in [-0.2, -0.15) is 0 Å². The van der Waals surface area contributed by atoms with Crippen molar-refractivity contribution in [3.05, 3.63) is 23.4 Å². The molecule has 1 aromatic rings. The van der Waals surface area contributed by atoms with E-state index in [0.29, 0.717) is 30.1 Å². The van der Waals surface area contributed by atoms with Gasteiger partial charge in [0.2, 0.25) is 0 Å². The van der Waals surface area contributed by atoms with Crippen LogP contribution in [0.2, 0.25) is 5.02 Å². The van der Waals surface area contributed by atoms with Crippen molar-refractivity contribution in [3.8, 4) is 0 Å². The maximum absolute atomic E-state index is 6.26. The summed E-state index contributed by atoms with van der Waals surface area (Å²) in [6, 6.07) is 4.07. The highest BCUT2D eigenvalue weighted by atomic mass is 127. The van der Waals surface area contributed by atoms with E-state index in [9.17, 15) is 0 Å². The molecule has 0 aromatic carbocycles. The molecule has 1 aliphatic rings. The molecule has 0 spiro atoms. The predicted octanol–water partition coefficient (Wildman–Crippen LogP) is 3.55. The van der Waals surface area contributed by atoms with E-state index in [-0.39, 0.29) is 24.0 Å². The lowest BCUT2D eigenvalue weighted by molar-refractivity contribution is 0.130. The average molecular weight is 510 g/mol. The molecule has 154 valence electrons. The van der Waals surface area contributed by atoms with Gasteiger partial charge in [0.05, 0.1) is 18.2 Å². The van der Waals surface area contributed by atoms with Gasteiger partial charge in [-0.1, -0.05) is 25.4 Å². The standard InChI is InChI=1S/C19H32ClN5O.HI/c1-4-21-19(23-10-13-26-12-8-15(2)3)24-16-7-11-25(14-16)18-17(20)6-5-9-22-18;/h5-6,9,15-16H,4,7-8,10-14H2,1-3H3,(H2,21,23,24);1H. The van der Waals surface area contributed by atoms with E-state index in [1.807, 2.05) is 12.1 Å². The molecule has 2 N–H and O–H groups in total. The highest BCUT2D eigenvalue weighted by Crippen LogP contribution is 2.25. The minimum Gasteiger partial charge on any atom is -0.380 e. The third-order valence-corrected chi connectivity index (χ3v) is 4.55. The zero-order valence-electron chi connectivity index (χ0n) is 16.6. The molecule has 0 amide bonds. The van der Waals surface area contributed by atoms with Crippen molar-refractivity contribution < 1.29 is 4.74 Å². The molecule has 1 atom stereocenters. The monoisotopic (exact) mass is 509 g/mol. The van der Waals surface area contributed by atoms with Crippen LogP contribution < -0.4 is 15.5 Å². The van der Waals surface area contributed by atoms with E-state index in [1.54, 1.807) is 6.20 Å². The van der Waals surface area contributed by atoms with Gasteiger partial charge in [0.25, 0.3) is 0 Å². The molecule has 1 saturated heterocycles. The molecule has 2 heterocycles. The lowest BCUT2D eigenvalue weighted by Gasteiger charge is -2.20. The Bertz CT molecular complexity index is 573. The number of ether oxygens (including phenoxy) is 1. The number of pyridine rings is 1. The molecule has 27 heavy (non-hydrogen) atoms. The Kier molecular flexibility index (Phi) is 12.0. The first-order chi connectivity index (χ1) is 12.6. The molecule has 0 bridgehead atoms. The van der Waals surface area contributed by atoms with Crippen LogP contribution in [0.15, 0.2) is 23.3 Å². The number of nitrogens with zero attached hydrogens (tertiary/aromatic N) is 3. The number of hydrogen-bond acceptors (Lipinski definition) is 4. The van der Waals surface area contributed by atoms with Gasteiger partial charge >= 0.3 is 0 Å². The second-order valence-electron chi connectivity index (χ2n) is 6.94. The largest absolute Gasteiger partial charge is 0.380 e. The maximum Gasteiger partial charge on any atom is 0.191 e. The van der Waals surface area contributed by atoms with Gasteiger partial charge in [0.15, 0.2) is 5.96 Å². The third kappa shape index (κ3) is 8.83. The van der Waals surface area contributed by atoms with E-state index in [2.05, 4.69) is 46.3 Å². The van der Waals surface area contributed by atoms with Crippen molar-refractivity contribution in [1.82, 2.24) is 15.6 Å². The topological polar surface area (TPSA) is 61.8 Å². The Labute approximate surface area is 185 Å². The Morgan fingerprint density at radius 1 is 1.44 bits per heavy atom. The first kappa shape index (κ1) is 24.2.